The van der Waals surface area contributed by atoms with E-state index < -0.39 is 29.9 Å². The van der Waals surface area contributed by atoms with Crippen LogP contribution in [0.5, 0.6) is 0 Å². The van der Waals surface area contributed by atoms with Gasteiger partial charge in [0.05, 0.1) is 13.1 Å². The fourth-order valence-electron chi connectivity index (χ4n) is 1.46. The highest BCUT2D eigenvalue weighted by Gasteiger charge is 2.23. The van der Waals surface area contributed by atoms with Crippen LogP contribution in [-0.2, 0) is 14.4 Å². The van der Waals surface area contributed by atoms with E-state index in [0.29, 0.717) is 13.0 Å². The average molecular weight is 303 g/mol. The number of carbonyl (C=O) groups excluding carboxylic acids is 2. The van der Waals surface area contributed by atoms with Crippen molar-refractivity contribution in [1.29, 1.82) is 0 Å². The van der Waals surface area contributed by atoms with Crippen LogP contribution in [0.2, 0.25) is 0 Å². The van der Waals surface area contributed by atoms with Crippen LogP contribution in [0.15, 0.2) is 0 Å². The van der Waals surface area contributed by atoms with Crippen molar-refractivity contribution in [2.24, 2.45) is 17.2 Å². The minimum Gasteiger partial charge on any atom is -0.480 e. The average Bonchev–Trinajstić information content (AvgIpc) is 2.40. The van der Waals surface area contributed by atoms with Gasteiger partial charge in [-0.15, -0.1) is 0 Å². The third-order valence-electron chi connectivity index (χ3n) is 2.57. The predicted octanol–water partition coefficient (Wildman–Crippen LogP) is -4.85. The Balaban J connectivity index is 4.36. The second kappa shape index (κ2) is 9.53. The van der Waals surface area contributed by atoms with Crippen molar-refractivity contribution in [2.45, 2.75) is 31.8 Å². The van der Waals surface area contributed by atoms with Crippen molar-refractivity contribution in [3.8, 4) is 0 Å². The van der Waals surface area contributed by atoms with Gasteiger partial charge >= 0.3 is 11.9 Å². The molecule has 120 valence electrons. The van der Waals surface area contributed by atoms with Gasteiger partial charge in [-0.1, -0.05) is 0 Å². The highest BCUT2D eigenvalue weighted by atomic mass is 16.4. The van der Waals surface area contributed by atoms with E-state index in [0.717, 1.165) is 0 Å². The normalized spacial score (nSPS) is 12.9. The van der Waals surface area contributed by atoms with Crippen LogP contribution in [-0.4, -0.2) is 54.0 Å². The van der Waals surface area contributed by atoms with Gasteiger partial charge in [0.25, 0.3) is 0 Å². The lowest BCUT2D eigenvalue weighted by Gasteiger charge is -2.18. The number of amides is 2. The van der Waals surface area contributed by atoms with Gasteiger partial charge in [0, 0.05) is 0 Å². The van der Waals surface area contributed by atoms with E-state index in [1.54, 1.807) is 0 Å². The first-order valence-corrected chi connectivity index (χ1v) is 6.42. The highest BCUT2D eigenvalue weighted by Crippen LogP contribution is 1.97. The lowest BCUT2D eigenvalue weighted by molar-refractivity contribution is -0.459. The largest absolute Gasteiger partial charge is 0.480 e. The summed E-state index contributed by atoms with van der Waals surface area (Å²) in [6.07, 6.45) is 0.637. The number of nitrogens with two attached hydrogens (primary N) is 3. The molecule has 0 aromatic carbocycles. The molecule has 2 atom stereocenters. The molecule has 21 heavy (non-hydrogen) atoms. The lowest BCUT2D eigenvalue weighted by atomic mass is 10.1. The first kappa shape index (κ1) is 18.6. The summed E-state index contributed by atoms with van der Waals surface area (Å²) in [6, 6.07) is -1.93. The lowest BCUT2D eigenvalue weighted by Crippen LogP contribution is -2.78. The molecule has 0 spiro atoms. The van der Waals surface area contributed by atoms with Gasteiger partial charge < -0.3 is 21.5 Å². The van der Waals surface area contributed by atoms with Crippen molar-refractivity contribution in [1.82, 2.24) is 10.6 Å². The van der Waals surface area contributed by atoms with Gasteiger partial charge in [-0.25, -0.2) is 4.79 Å². The zero-order valence-electron chi connectivity index (χ0n) is 11.9. The first-order chi connectivity index (χ1) is 9.77. The van der Waals surface area contributed by atoms with Crippen LogP contribution in [0.1, 0.15) is 19.8 Å². The van der Waals surface area contributed by atoms with E-state index in [-0.39, 0.29) is 18.9 Å². The Bertz CT molecular complexity index is 408. The number of carbonyl (C=O) groups is 3. The third kappa shape index (κ3) is 8.42. The van der Waals surface area contributed by atoms with Crippen molar-refractivity contribution in [2.75, 3.05) is 13.1 Å². The van der Waals surface area contributed by atoms with Gasteiger partial charge in [0.1, 0.15) is 12.1 Å². The van der Waals surface area contributed by atoms with Gasteiger partial charge in [-0.05, 0) is 19.8 Å². The maximum absolute atomic E-state index is 11.8. The number of rotatable bonds is 9. The third-order valence-corrected chi connectivity index (χ3v) is 2.57. The first-order valence-electron chi connectivity index (χ1n) is 6.42. The molecule has 10 nitrogen and oxygen atoms in total. The van der Waals surface area contributed by atoms with Crippen LogP contribution in [0, 0.1) is 0 Å². The molecule has 0 aliphatic carbocycles. The number of aliphatic carboxylic acids is 1. The van der Waals surface area contributed by atoms with Crippen molar-refractivity contribution in [3.63, 3.8) is 0 Å². The molecule has 0 aromatic rings. The molecule has 0 aliphatic rings. The quantitative estimate of drug-likeness (QED) is 0.126. The monoisotopic (exact) mass is 303 g/mol. The fraction of sp³-hybridized carbons (Fsp3) is 0.636. The maximum atomic E-state index is 11.8. The summed E-state index contributed by atoms with van der Waals surface area (Å²) in [6.45, 7) is 1.58. The van der Waals surface area contributed by atoms with Crippen molar-refractivity contribution >= 4 is 23.7 Å². The fourth-order valence-corrected chi connectivity index (χ4v) is 1.46. The van der Waals surface area contributed by atoms with E-state index in [2.05, 4.69) is 15.6 Å². The van der Waals surface area contributed by atoms with Crippen molar-refractivity contribution < 1.29 is 24.5 Å². The van der Waals surface area contributed by atoms with Crippen LogP contribution in [0.3, 0.4) is 0 Å². The van der Waals surface area contributed by atoms with Gasteiger partial charge in [0.15, 0.2) is 0 Å². The molecular weight excluding hydrogens is 280 g/mol. The maximum Gasteiger partial charge on any atom is 0.338 e. The number of nitrogens with one attached hydrogen (secondary N) is 3. The highest BCUT2D eigenvalue weighted by molar-refractivity contribution is 5.90. The molecular formula is C11H23N6O4+. The Kier molecular flexibility index (Phi) is 8.46. The standard InChI is InChI=1S/C11H22N6O4/c1-6(16-8(18)5-12)9(19)17-7(10(20)21)3-2-4-15-11(13)14/h6-7H,2-5,12H2,1H3,(H,16,18)(H,17,19)(H,20,21)(H4,13,14,15)/p+1/t6-,7-/m0/s1. The van der Waals surface area contributed by atoms with Crippen LogP contribution >= 0.6 is 0 Å². The molecule has 0 unspecified atom stereocenters. The van der Waals surface area contributed by atoms with E-state index in [1.807, 2.05) is 0 Å². The molecule has 0 aromatic heterocycles. The summed E-state index contributed by atoms with van der Waals surface area (Å²) in [4.78, 5) is 36.5. The molecule has 2 amide bonds. The van der Waals surface area contributed by atoms with Crippen LogP contribution in [0.25, 0.3) is 0 Å². The van der Waals surface area contributed by atoms with Gasteiger partial charge in [-0.3, -0.25) is 26.0 Å². The molecule has 0 bridgehead atoms. The Morgan fingerprint density at radius 1 is 1.24 bits per heavy atom. The Morgan fingerprint density at radius 3 is 2.33 bits per heavy atom. The SMILES string of the molecule is C[C@H](NC(=O)CN)C(=O)N[C@@H](CCC[NH+]=C(N)N)C(=O)O. The molecule has 0 radical (unpaired) electrons. The molecule has 0 fully saturated rings. The Morgan fingerprint density at radius 2 is 1.86 bits per heavy atom. The summed E-state index contributed by atoms with van der Waals surface area (Å²) in [5, 5.41) is 13.7. The number of hydrogen-bond donors (Lipinski definition) is 7. The Hall–Kier alpha value is -2.36. The van der Waals surface area contributed by atoms with E-state index in [1.165, 1.54) is 6.92 Å². The second-order valence-corrected chi connectivity index (χ2v) is 4.42. The summed E-state index contributed by atoms with van der Waals surface area (Å²) < 4.78 is 0. The molecule has 0 saturated carbocycles. The zero-order chi connectivity index (χ0) is 16.4. The van der Waals surface area contributed by atoms with Crippen LogP contribution in [0.4, 0.5) is 0 Å². The number of hydrogen-bond acceptors (Lipinski definition) is 4. The van der Waals surface area contributed by atoms with E-state index >= 15 is 0 Å². The van der Waals surface area contributed by atoms with E-state index in [9.17, 15) is 14.4 Å². The molecule has 0 rings (SSSR count). The second-order valence-electron chi connectivity index (χ2n) is 4.42. The topological polar surface area (TPSA) is 188 Å². The minimum absolute atomic E-state index is 0.0454. The summed E-state index contributed by atoms with van der Waals surface area (Å²) in [7, 11) is 0. The van der Waals surface area contributed by atoms with Crippen LogP contribution < -0.4 is 32.8 Å². The summed E-state index contributed by atoms with van der Waals surface area (Å²) in [5.74, 6) is -2.21. The minimum atomic E-state index is -1.16. The summed E-state index contributed by atoms with van der Waals surface area (Å²) in [5.41, 5.74) is 15.5. The zero-order valence-corrected chi connectivity index (χ0v) is 11.9. The number of carboxylic acids is 1. The molecule has 0 aliphatic heterocycles. The van der Waals surface area contributed by atoms with Gasteiger partial charge in [0.2, 0.25) is 11.8 Å². The smallest absolute Gasteiger partial charge is 0.338 e. The van der Waals surface area contributed by atoms with Gasteiger partial charge in [-0.2, -0.15) is 0 Å². The van der Waals surface area contributed by atoms with Crippen molar-refractivity contribution in [3.05, 3.63) is 0 Å². The molecule has 10 N–H and O–H groups in total. The Labute approximate surface area is 122 Å². The summed E-state index contributed by atoms with van der Waals surface area (Å²) >= 11 is 0. The van der Waals surface area contributed by atoms with E-state index in [4.69, 9.17) is 22.3 Å². The molecule has 10 heteroatoms. The number of guanidine groups is 1. The molecule has 0 saturated heterocycles. The molecule has 0 heterocycles. The predicted molar refractivity (Wildman–Crippen MR) is 74.7 cm³/mol. The number of carboxylic acid groups (broad SMARTS) is 1.